The Bertz CT molecular complexity index is 416. The van der Waals surface area contributed by atoms with Gasteiger partial charge < -0.3 is 9.47 Å². The molecule has 2 rings (SSSR count). The lowest BCUT2D eigenvalue weighted by Crippen LogP contribution is -2.21. The summed E-state index contributed by atoms with van der Waals surface area (Å²) in [6.45, 7) is 0.974. The van der Waals surface area contributed by atoms with E-state index in [-0.39, 0.29) is 18.0 Å². The number of carbonyl (C=O) groups excluding carboxylic acids is 1. The van der Waals surface area contributed by atoms with Crippen molar-refractivity contribution < 1.29 is 14.3 Å². The van der Waals surface area contributed by atoms with Crippen molar-refractivity contribution in [3.63, 3.8) is 0 Å². The van der Waals surface area contributed by atoms with Crippen LogP contribution in [0.4, 0.5) is 0 Å². The summed E-state index contributed by atoms with van der Waals surface area (Å²) >= 11 is 3.22. The molecule has 0 saturated carbocycles. The van der Waals surface area contributed by atoms with E-state index in [0.717, 1.165) is 5.56 Å². The van der Waals surface area contributed by atoms with Gasteiger partial charge in [0.05, 0.1) is 19.6 Å². The third-order valence-corrected chi connectivity index (χ3v) is 3.18. The largest absolute Gasteiger partial charge is 0.459 e. The first-order valence-electron chi connectivity index (χ1n) is 5.87. The van der Waals surface area contributed by atoms with Gasteiger partial charge in [-0.25, -0.2) is 0 Å². The second-order valence-corrected chi connectivity index (χ2v) is 4.74. The zero-order valence-corrected chi connectivity index (χ0v) is 11.5. The molecule has 3 nitrogen and oxygen atoms in total. The van der Waals surface area contributed by atoms with Gasteiger partial charge in [0.2, 0.25) is 0 Å². The molecular weight excluding hydrogens is 296 g/mol. The summed E-state index contributed by atoms with van der Waals surface area (Å²) in [6.07, 6.45) is 2.19. The molecule has 0 bridgehead atoms. The number of halogens is 1. The Morgan fingerprint density at radius 1 is 1.39 bits per heavy atom. The van der Waals surface area contributed by atoms with Gasteiger partial charge in [0.15, 0.2) is 0 Å². The number of benzene rings is 1. The fraction of sp³-hybridized carbons (Fsp3) is 0.357. The number of hydrogen-bond donors (Lipinski definition) is 0. The molecule has 0 aliphatic carbocycles. The predicted molar refractivity (Wildman–Crippen MR) is 72.2 cm³/mol. The smallest absolute Gasteiger partial charge is 0.306 e. The lowest BCUT2D eigenvalue weighted by atomic mass is 10.0. The summed E-state index contributed by atoms with van der Waals surface area (Å²) in [5.41, 5.74) is 1.12. The van der Waals surface area contributed by atoms with Crippen LogP contribution in [0.2, 0.25) is 0 Å². The van der Waals surface area contributed by atoms with Crippen molar-refractivity contribution in [2.24, 2.45) is 5.92 Å². The standard InChI is InChI=1S/C14H15BrO3/c15-7-6-12-8-14(16)18-13(12)10-17-9-11-4-2-1-3-5-11/h1-7,12-13H,8-10H2/b7-6-/t12-,13-/m1/s1. The van der Waals surface area contributed by atoms with Crippen molar-refractivity contribution in [1.82, 2.24) is 0 Å². The number of esters is 1. The van der Waals surface area contributed by atoms with Gasteiger partial charge in [0, 0.05) is 5.92 Å². The van der Waals surface area contributed by atoms with E-state index in [0.29, 0.717) is 19.6 Å². The molecule has 0 spiro atoms. The molecule has 0 unspecified atom stereocenters. The zero-order chi connectivity index (χ0) is 12.8. The molecule has 18 heavy (non-hydrogen) atoms. The van der Waals surface area contributed by atoms with Crippen LogP contribution in [0.25, 0.3) is 0 Å². The van der Waals surface area contributed by atoms with E-state index in [1.165, 1.54) is 0 Å². The number of carbonyl (C=O) groups is 1. The summed E-state index contributed by atoms with van der Waals surface area (Å²) in [7, 11) is 0. The zero-order valence-electron chi connectivity index (χ0n) is 9.92. The lowest BCUT2D eigenvalue weighted by Gasteiger charge is -2.14. The highest BCUT2D eigenvalue weighted by Gasteiger charge is 2.32. The van der Waals surface area contributed by atoms with Crippen LogP contribution in [0.15, 0.2) is 41.4 Å². The molecule has 1 aliphatic rings. The van der Waals surface area contributed by atoms with Crippen LogP contribution in [-0.2, 0) is 20.9 Å². The maximum Gasteiger partial charge on any atom is 0.306 e. The number of cyclic esters (lactones) is 1. The van der Waals surface area contributed by atoms with Crippen molar-refractivity contribution >= 4 is 21.9 Å². The highest BCUT2D eigenvalue weighted by molar-refractivity contribution is 9.11. The van der Waals surface area contributed by atoms with Crippen molar-refractivity contribution in [1.29, 1.82) is 0 Å². The van der Waals surface area contributed by atoms with Gasteiger partial charge in [-0.2, -0.15) is 0 Å². The van der Waals surface area contributed by atoms with Crippen LogP contribution in [0.5, 0.6) is 0 Å². The molecule has 1 fully saturated rings. The van der Waals surface area contributed by atoms with Crippen LogP contribution >= 0.6 is 15.9 Å². The summed E-state index contributed by atoms with van der Waals surface area (Å²) in [4.78, 5) is 13.0. The Labute approximate surface area is 115 Å². The molecule has 1 saturated heterocycles. The highest BCUT2D eigenvalue weighted by Crippen LogP contribution is 2.24. The maximum atomic E-state index is 11.2. The summed E-state index contributed by atoms with van der Waals surface area (Å²) in [6, 6.07) is 9.95. The quantitative estimate of drug-likeness (QED) is 0.784. The minimum Gasteiger partial charge on any atom is -0.459 e. The van der Waals surface area contributed by atoms with Crippen molar-refractivity contribution in [2.75, 3.05) is 6.61 Å². The summed E-state index contributed by atoms with van der Waals surface area (Å²) in [5, 5.41) is 0. The van der Waals surface area contributed by atoms with Crippen LogP contribution in [-0.4, -0.2) is 18.7 Å². The summed E-state index contributed by atoms with van der Waals surface area (Å²) in [5.74, 6) is -0.0495. The molecule has 1 heterocycles. The van der Waals surface area contributed by atoms with E-state index in [1.807, 2.05) is 36.4 Å². The lowest BCUT2D eigenvalue weighted by molar-refractivity contribution is -0.143. The van der Waals surface area contributed by atoms with E-state index >= 15 is 0 Å². The highest BCUT2D eigenvalue weighted by atomic mass is 79.9. The first-order chi connectivity index (χ1) is 8.79. The predicted octanol–water partition coefficient (Wildman–Crippen LogP) is 3.04. The summed E-state index contributed by atoms with van der Waals surface area (Å²) < 4.78 is 10.8. The molecule has 1 aromatic rings. The number of ether oxygens (including phenoxy) is 2. The van der Waals surface area contributed by atoms with Gasteiger partial charge in [-0.1, -0.05) is 52.3 Å². The Morgan fingerprint density at radius 3 is 2.89 bits per heavy atom. The van der Waals surface area contributed by atoms with E-state index in [4.69, 9.17) is 9.47 Å². The van der Waals surface area contributed by atoms with Gasteiger partial charge in [0.25, 0.3) is 0 Å². The van der Waals surface area contributed by atoms with Gasteiger partial charge in [0.1, 0.15) is 6.10 Å². The SMILES string of the molecule is O=C1C[C@@H](/C=C\Br)[C@@H](COCc2ccccc2)O1. The van der Waals surface area contributed by atoms with Crippen LogP contribution in [0, 0.1) is 5.92 Å². The van der Waals surface area contributed by atoms with Gasteiger partial charge in [-0.3, -0.25) is 4.79 Å². The third-order valence-electron chi connectivity index (χ3n) is 2.88. The Morgan fingerprint density at radius 2 is 2.17 bits per heavy atom. The fourth-order valence-corrected chi connectivity index (χ4v) is 2.33. The second-order valence-electron chi connectivity index (χ2n) is 4.22. The van der Waals surface area contributed by atoms with Gasteiger partial charge in [-0.15, -0.1) is 0 Å². The molecule has 0 aromatic heterocycles. The number of rotatable bonds is 5. The van der Waals surface area contributed by atoms with E-state index in [9.17, 15) is 4.79 Å². The molecular formula is C14H15BrO3. The topological polar surface area (TPSA) is 35.5 Å². The van der Waals surface area contributed by atoms with E-state index in [1.54, 1.807) is 4.99 Å². The van der Waals surface area contributed by atoms with Crippen LogP contribution in [0.1, 0.15) is 12.0 Å². The van der Waals surface area contributed by atoms with Gasteiger partial charge >= 0.3 is 5.97 Å². The first kappa shape index (κ1) is 13.3. The maximum absolute atomic E-state index is 11.2. The molecule has 96 valence electrons. The Hall–Kier alpha value is -1.13. The molecule has 0 N–H and O–H groups in total. The van der Waals surface area contributed by atoms with E-state index < -0.39 is 0 Å². The average molecular weight is 311 g/mol. The first-order valence-corrected chi connectivity index (χ1v) is 6.79. The molecule has 0 radical (unpaired) electrons. The Balaban J connectivity index is 1.81. The van der Waals surface area contributed by atoms with Crippen molar-refractivity contribution in [3.05, 3.63) is 47.0 Å². The fourth-order valence-electron chi connectivity index (χ4n) is 1.94. The normalized spacial score (nSPS) is 23.5. The van der Waals surface area contributed by atoms with Gasteiger partial charge in [-0.05, 0) is 10.5 Å². The molecule has 1 aromatic carbocycles. The third kappa shape index (κ3) is 3.68. The average Bonchev–Trinajstić information content (AvgIpc) is 2.72. The van der Waals surface area contributed by atoms with Crippen molar-refractivity contribution in [2.45, 2.75) is 19.1 Å². The molecule has 2 atom stereocenters. The van der Waals surface area contributed by atoms with Crippen molar-refractivity contribution in [3.8, 4) is 0 Å². The monoisotopic (exact) mass is 310 g/mol. The minimum atomic E-state index is -0.171. The molecule has 4 heteroatoms. The molecule has 1 aliphatic heterocycles. The molecule has 0 amide bonds. The van der Waals surface area contributed by atoms with Crippen LogP contribution in [0.3, 0.4) is 0 Å². The van der Waals surface area contributed by atoms with Crippen LogP contribution < -0.4 is 0 Å². The minimum absolute atomic E-state index is 0.104. The van der Waals surface area contributed by atoms with E-state index in [2.05, 4.69) is 15.9 Å². The Kier molecular flexibility index (Phi) is 4.96. The second kappa shape index (κ2) is 6.71. The number of hydrogen-bond acceptors (Lipinski definition) is 3.